The first-order chi connectivity index (χ1) is 15.7. The summed E-state index contributed by atoms with van der Waals surface area (Å²) in [6.07, 6.45) is 2.99. The molecule has 0 bridgehead atoms. The van der Waals surface area contributed by atoms with Crippen LogP contribution >= 0.6 is 12.4 Å². The Morgan fingerprint density at radius 2 is 1.94 bits per heavy atom. The summed E-state index contributed by atoms with van der Waals surface area (Å²) in [5.74, 6) is 0.504. The van der Waals surface area contributed by atoms with Crippen LogP contribution in [0.2, 0.25) is 0 Å². The first-order valence-corrected chi connectivity index (χ1v) is 10.8. The average Bonchev–Trinajstić information content (AvgIpc) is 3.19. The van der Waals surface area contributed by atoms with Gasteiger partial charge in [-0.1, -0.05) is 18.2 Å². The summed E-state index contributed by atoms with van der Waals surface area (Å²) in [7, 11) is 1.88. The van der Waals surface area contributed by atoms with Crippen LogP contribution in [0, 0.1) is 0 Å². The zero-order chi connectivity index (χ0) is 22.3. The van der Waals surface area contributed by atoms with Crippen LogP contribution in [0.1, 0.15) is 23.4 Å². The number of carbonyl (C=O) groups is 1. The fourth-order valence-electron chi connectivity index (χ4n) is 3.69. The van der Waals surface area contributed by atoms with E-state index >= 15 is 0 Å². The summed E-state index contributed by atoms with van der Waals surface area (Å²) in [5.41, 5.74) is 3.45. The molecule has 3 aromatic rings. The van der Waals surface area contributed by atoms with Gasteiger partial charge in [0.2, 0.25) is 0 Å². The molecule has 1 amide bonds. The number of pyridine rings is 1. The fraction of sp³-hybridized carbons (Fsp3) is 0.333. The second kappa shape index (κ2) is 11.7. The molecule has 0 unspecified atom stereocenters. The smallest absolute Gasteiger partial charge is 0.257 e. The molecule has 1 aliphatic rings. The van der Waals surface area contributed by atoms with Gasteiger partial charge in [0.15, 0.2) is 0 Å². The third-order valence-electron chi connectivity index (χ3n) is 5.35. The van der Waals surface area contributed by atoms with E-state index in [9.17, 15) is 9.90 Å². The van der Waals surface area contributed by atoms with Gasteiger partial charge in [-0.05, 0) is 43.3 Å². The highest BCUT2D eigenvalue weighted by Crippen LogP contribution is 2.30. The molecule has 0 aliphatic heterocycles. The molecule has 176 valence electrons. The highest BCUT2D eigenvalue weighted by atomic mass is 35.5. The molecule has 0 atom stereocenters. The van der Waals surface area contributed by atoms with Crippen molar-refractivity contribution in [3.8, 4) is 5.75 Å². The van der Waals surface area contributed by atoms with E-state index in [4.69, 9.17) is 9.47 Å². The predicted octanol–water partition coefficient (Wildman–Crippen LogP) is 2.90. The number of ether oxygens (including phenoxy) is 2. The molecule has 1 aliphatic carbocycles. The number of hydrogen-bond donors (Lipinski definition) is 3. The Morgan fingerprint density at radius 3 is 2.73 bits per heavy atom. The lowest BCUT2D eigenvalue weighted by Gasteiger charge is -2.16. The quantitative estimate of drug-likeness (QED) is 0.392. The topological polar surface area (TPSA) is 97.1 Å². The maximum absolute atomic E-state index is 12.9. The minimum atomic E-state index is -0.328. The number of likely N-dealkylation sites (N-methyl/N-ethyl adjacent to an activating group) is 1. The van der Waals surface area contributed by atoms with Gasteiger partial charge in [-0.3, -0.25) is 4.79 Å². The molecule has 0 saturated heterocycles. The molecular weight excluding hydrogens is 444 g/mol. The highest BCUT2D eigenvalue weighted by molar-refractivity contribution is 6.20. The van der Waals surface area contributed by atoms with E-state index in [2.05, 4.69) is 15.6 Å². The second-order valence-electron chi connectivity index (χ2n) is 7.55. The maximum Gasteiger partial charge on any atom is 0.257 e. The average molecular weight is 473 g/mol. The molecule has 8 nitrogen and oxygen atoms in total. The Kier molecular flexibility index (Phi) is 8.71. The number of aliphatic hydroxyl groups is 1. The Bertz CT molecular complexity index is 1110. The number of carbonyl (C=O) groups excluding carboxylic acids is 1. The molecule has 33 heavy (non-hydrogen) atoms. The van der Waals surface area contributed by atoms with Crippen LogP contribution in [0.25, 0.3) is 11.2 Å². The number of rotatable bonds is 10. The number of amides is 1. The molecular formula is C24H29ClN4O4. The molecule has 2 aromatic heterocycles. The van der Waals surface area contributed by atoms with Crippen LogP contribution in [-0.2, 0) is 22.5 Å². The third-order valence-corrected chi connectivity index (χ3v) is 5.35. The highest BCUT2D eigenvalue weighted by Gasteiger charge is 2.28. The molecule has 0 fully saturated rings. The lowest BCUT2D eigenvalue weighted by Crippen LogP contribution is -2.26. The van der Waals surface area contributed by atoms with Gasteiger partial charge in [0.1, 0.15) is 35.0 Å². The molecule has 1 aromatic carbocycles. The van der Waals surface area contributed by atoms with Gasteiger partial charge in [0, 0.05) is 25.7 Å². The van der Waals surface area contributed by atoms with Gasteiger partial charge in [-0.25, -0.2) is 4.98 Å². The number of allylic oxidation sites excluding steroid dienone is 1. The normalized spacial score (nSPS) is 12.9. The molecule has 3 N–H and O–H groups in total. The molecule has 0 saturated carbocycles. The number of aromatic nitrogens is 2. The van der Waals surface area contributed by atoms with Crippen molar-refractivity contribution in [3.05, 3.63) is 71.4 Å². The second-order valence-corrected chi connectivity index (χ2v) is 7.55. The van der Waals surface area contributed by atoms with Crippen molar-refractivity contribution in [1.29, 1.82) is 0 Å². The van der Waals surface area contributed by atoms with E-state index in [-0.39, 0.29) is 29.6 Å². The summed E-state index contributed by atoms with van der Waals surface area (Å²) < 4.78 is 13.1. The summed E-state index contributed by atoms with van der Waals surface area (Å²) >= 11 is 0. The van der Waals surface area contributed by atoms with Crippen LogP contribution in [0.4, 0.5) is 0 Å². The zero-order valence-corrected chi connectivity index (χ0v) is 19.4. The summed E-state index contributed by atoms with van der Waals surface area (Å²) in [6, 6.07) is 13.3. The Labute approximate surface area is 199 Å². The lowest BCUT2D eigenvalue weighted by molar-refractivity contribution is -0.115. The van der Waals surface area contributed by atoms with Crippen molar-refractivity contribution >= 4 is 29.5 Å². The van der Waals surface area contributed by atoms with Crippen molar-refractivity contribution in [2.75, 3.05) is 33.4 Å². The largest absolute Gasteiger partial charge is 0.511 e. The van der Waals surface area contributed by atoms with Gasteiger partial charge < -0.3 is 29.6 Å². The van der Waals surface area contributed by atoms with E-state index in [0.717, 1.165) is 29.2 Å². The van der Waals surface area contributed by atoms with Crippen molar-refractivity contribution in [1.82, 2.24) is 20.0 Å². The van der Waals surface area contributed by atoms with E-state index in [0.29, 0.717) is 44.9 Å². The molecule has 0 radical (unpaired) electrons. The SMILES string of the molecule is CNCCOCCOc1ccc(CNC(=O)C2=C(O)CCc3c2nc2ccccn32)cc1.Cl. The number of nitrogens with zero attached hydrogens (tertiary/aromatic N) is 2. The fourth-order valence-corrected chi connectivity index (χ4v) is 3.69. The van der Waals surface area contributed by atoms with Crippen LogP contribution in [0.5, 0.6) is 5.75 Å². The van der Waals surface area contributed by atoms with Crippen molar-refractivity contribution in [2.24, 2.45) is 0 Å². The number of aliphatic hydroxyl groups excluding tert-OH is 1. The third kappa shape index (κ3) is 5.84. The number of nitrogens with one attached hydrogen (secondary N) is 2. The van der Waals surface area contributed by atoms with Crippen LogP contribution in [0.15, 0.2) is 54.4 Å². The van der Waals surface area contributed by atoms with E-state index in [1.807, 2.05) is 60.1 Å². The molecule has 9 heteroatoms. The zero-order valence-electron chi connectivity index (χ0n) is 18.5. The summed E-state index contributed by atoms with van der Waals surface area (Å²) in [4.78, 5) is 17.5. The standard InChI is InChI=1S/C24H28N4O4.ClH/c1-25-11-13-31-14-15-32-18-7-5-17(6-8-18)16-26-24(30)22-20(29)10-9-19-23(22)27-21-4-2-3-12-28(19)21;/h2-8,12,25,29H,9-11,13-16H2,1H3,(H,26,30);1H. The van der Waals surface area contributed by atoms with Crippen molar-refractivity contribution in [2.45, 2.75) is 19.4 Å². The van der Waals surface area contributed by atoms with Crippen molar-refractivity contribution in [3.63, 3.8) is 0 Å². The van der Waals surface area contributed by atoms with Crippen molar-refractivity contribution < 1.29 is 19.4 Å². The minimum Gasteiger partial charge on any atom is -0.511 e. The van der Waals surface area contributed by atoms with Crippen LogP contribution in [-0.4, -0.2) is 53.8 Å². The Balaban J connectivity index is 0.00000306. The number of aryl methyl sites for hydroxylation is 1. The van der Waals surface area contributed by atoms with Gasteiger partial charge in [0.25, 0.3) is 5.91 Å². The summed E-state index contributed by atoms with van der Waals surface area (Å²) in [6.45, 7) is 2.82. The molecule has 2 heterocycles. The minimum absolute atomic E-state index is 0. The number of benzene rings is 1. The lowest BCUT2D eigenvalue weighted by atomic mass is 9.97. The monoisotopic (exact) mass is 472 g/mol. The van der Waals surface area contributed by atoms with Gasteiger partial charge in [0.05, 0.1) is 18.9 Å². The maximum atomic E-state index is 12.9. The first-order valence-electron chi connectivity index (χ1n) is 10.8. The van der Waals surface area contributed by atoms with E-state index in [1.165, 1.54) is 0 Å². The van der Waals surface area contributed by atoms with E-state index < -0.39 is 0 Å². The number of fused-ring (bicyclic) bond motifs is 3. The van der Waals surface area contributed by atoms with Gasteiger partial charge >= 0.3 is 0 Å². The number of halogens is 1. The number of hydrogen-bond acceptors (Lipinski definition) is 6. The molecule has 4 rings (SSSR count). The number of imidazole rings is 1. The van der Waals surface area contributed by atoms with Crippen LogP contribution < -0.4 is 15.4 Å². The van der Waals surface area contributed by atoms with Gasteiger partial charge in [-0.2, -0.15) is 0 Å². The van der Waals surface area contributed by atoms with E-state index in [1.54, 1.807) is 0 Å². The predicted molar refractivity (Wildman–Crippen MR) is 129 cm³/mol. The van der Waals surface area contributed by atoms with Crippen LogP contribution in [0.3, 0.4) is 0 Å². The van der Waals surface area contributed by atoms with Gasteiger partial charge in [-0.15, -0.1) is 12.4 Å². The summed E-state index contributed by atoms with van der Waals surface area (Å²) in [5, 5.41) is 16.4. The Morgan fingerprint density at radius 1 is 1.12 bits per heavy atom. The first kappa shape index (κ1) is 24.6. The molecule has 0 spiro atoms. The Hall–Kier alpha value is -3.07.